The van der Waals surface area contributed by atoms with Gasteiger partial charge >= 0.3 is 0 Å². The Kier molecular flexibility index (Phi) is 11.0. The summed E-state index contributed by atoms with van der Waals surface area (Å²) < 4.78 is 42.9. The molecule has 0 bridgehead atoms. The fourth-order valence-electron chi connectivity index (χ4n) is 4.67. The summed E-state index contributed by atoms with van der Waals surface area (Å²) in [6, 6.07) is 24.4. The van der Waals surface area contributed by atoms with Crippen LogP contribution in [0, 0.1) is 12.7 Å². The molecular weight excluding hydrogens is 624 g/mol. The number of anilines is 1. The Labute approximate surface area is 267 Å². The van der Waals surface area contributed by atoms with E-state index in [-0.39, 0.29) is 33.6 Å². The van der Waals surface area contributed by atoms with Crippen LogP contribution in [0.15, 0.2) is 102 Å². The molecule has 4 rings (SSSR count). The molecule has 0 aliphatic rings. The number of carbonyl (C=O) groups is 2. The lowest BCUT2D eigenvalue weighted by Crippen LogP contribution is -2.53. The number of likely N-dealkylation sites (N-methyl/N-ethyl adjacent to an activating group) is 1. The monoisotopic (exact) mass is 655 g/mol. The van der Waals surface area contributed by atoms with E-state index in [1.54, 1.807) is 19.1 Å². The normalized spacial score (nSPS) is 11.9. The predicted molar refractivity (Wildman–Crippen MR) is 172 cm³/mol. The molecule has 1 N–H and O–H groups in total. The van der Waals surface area contributed by atoms with Crippen molar-refractivity contribution < 1.29 is 22.4 Å². The standard InChI is InChI=1S/C33H32Cl2FN3O4S/c1-3-37-33(41)30(20-24-8-5-4-6-9-24)38(21-25-14-16-26(36)17-15-25)31(40)22-39(29-11-7-10-28(34)32(29)35)44(42,43)27-18-12-23(2)13-19-27/h4-19,30H,3,20-22H2,1-2H3,(H,37,41)/t30-/m1/s1. The van der Waals surface area contributed by atoms with E-state index in [1.165, 1.54) is 59.5 Å². The summed E-state index contributed by atoms with van der Waals surface area (Å²) in [6.07, 6.45) is 0.155. The first-order valence-electron chi connectivity index (χ1n) is 13.9. The Balaban J connectivity index is 1.82. The van der Waals surface area contributed by atoms with Gasteiger partial charge in [0.1, 0.15) is 18.4 Å². The molecule has 0 radical (unpaired) electrons. The van der Waals surface area contributed by atoms with Gasteiger partial charge in [0.25, 0.3) is 10.0 Å². The molecule has 2 amide bonds. The third kappa shape index (κ3) is 7.96. The highest BCUT2D eigenvalue weighted by molar-refractivity contribution is 7.92. The highest BCUT2D eigenvalue weighted by Gasteiger charge is 2.35. The Morgan fingerprint density at radius 2 is 1.52 bits per heavy atom. The second-order valence-electron chi connectivity index (χ2n) is 10.1. The number of sulfonamides is 1. The van der Waals surface area contributed by atoms with Crippen molar-refractivity contribution in [2.24, 2.45) is 0 Å². The number of carbonyl (C=O) groups excluding carboxylic acids is 2. The number of hydrogen-bond donors (Lipinski definition) is 1. The van der Waals surface area contributed by atoms with Crippen molar-refractivity contribution in [1.29, 1.82) is 0 Å². The summed E-state index contributed by atoms with van der Waals surface area (Å²) in [4.78, 5) is 29.1. The highest BCUT2D eigenvalue weighted by Crippen LogP contribution is 2.35. The van der Waals surface area contributed by atoms with Gasteiger partial charge in [-0.15, -0.1) is 0 Å². The molecule has 0 spiro atoms. The Hall–Kier alpha value is -3.92. The van der Waals surface area contributed by atoms with Crippen molar-refractivity contribution in [1.82, 2.24) is 10.2 Å². The molecule has 0 saturated heterocycles. The summed E-state index contributed by atoms with van der Waals surface area (Å²) in [6.45, 7) is 3.13. The lowest BCUT2D eigenvalue weighted by molar-refractivity contribution is -0.140. The van der Waals surface area contributed by atoms with E-state index in [4.69, 9.17) is 23.2 Å². The quantitative estimate of drug-likeness (QED) is 0.191. The molecule has 0 heterocycles. The Morgan fingerprint density at radius 3 is 2.16 bits per heavy atom. The number of rotatable bonds is 12. The minimum atomic E-state index is -4.34. The van der Waals surface area contributed by atoms with Crippen molar-refractivity contribution >= 4 is 50.7 Å². The van der Waals surface area contributed by atoms with Crippen molar-refractivity contribution in [3.63, 3.8) is 0 Å². The second kappa shape index (κ2) is 14.7. The molecule has 4 aromatic carbocycles. The zero-order valence-electron chi connectivity index (χ0n) is 24.2. The van der Waals surface area contributed by atoms with Gasteiger partial charge in [0.2, 0.25) is 11.8 Å². The maximum Gasteiger partial charge on any atom is 0.264 e. The predicted octanol–water partition coefficient (Wildman–Crippen LogP) is 6.41. The molecular formula is C33H32Cl2FN3O4S. The fourth-order valence-corrected chi connectivity index (χ4v) is 6.54. The zero-order chi connectivity index (χ0) is 31.9. The maximum absolute atomic E-state index is 14.4. The second-order valence-corrected chi connectivity index (χ2v) is 12.8. The Bertz CT molecular complexity index is 1700. The molecule has 7 nitrogen and oxygen atoms in total. The van der Waals surface area contributed by atoms with Gasteiger partial charge in [0, 0.05) is 19.5 Å². The third-order valence-electron chi connectivity index (χ3n) is 6.98. The average Bonchev–Trinajstić information content (AvgIpc) is 3.01. The smallest absolute Gasteiger partial charge is 0.264 e. The molecule has 0 aliphatic heterocycles. The van der Waals surface area contributed by atoms with Gasteiger partial charge in [0.15, 0.2) is 0 Å². The Morgan fingerprint density at radius 1 is 0.864 bits per heavy atom. The number of amides is 2. The topological polar surface area (TPSA) is 86.8 Å². The van der Waals surface area contributed by atoms with E-state index in [2.05, 4.69) is 5.32 Å². The van der Waals surface area contributed by atoms with Crippen LogP contribution < -0.4 is 9.62 Å². The van der Waals surface area contributed by atoms with Crippen LogP contribution in [0.3, 0.4) is 0 Å². The van der Waals surface area contributed by atoms with Crippen LogP contribution >= 0.6 is 23.2 Å². The van der Waals surface area contributed by atoms with Gasteiger partial charge in [-0.05, 0) is 61.4 Å². The summed E-state index contributed by atoms with van der Waals surface area (Å²) >= 11 is 12.8. The molecule has 0 aromatic heterocycles. The van der Waals surface area contributed by atoms with E-state index in [9.17, 15) is 22.4 Å². The van der Waals surface area contributed by atoms with Gasteiger partial charge in [-0.1, -0.05) is 89.4 Å². The summed E-state index contributed by atoms with van der Waals surface area (Å²) in [5, 5.41) is 2.85. The van der Waals surface area contributed by atoms with Crippen LogP contribution in [-0.4, -0.2) is 44.3 Å². The molecule has 4 aromatic rings. The highest BCUT2D eigenvalue weighted by atomic mass is 35.5. The van der Waals surface area contributed by atoms with E-state index < -0.39 is 40.2 Å². The molecule has 1 atom stereocenters. The number of aryl methyl sites for hydroxylation is 1. The first-order chi connectivity index (χ1) is 21.0. The van der Waals surface area contributed by atoms with E-state index >= 15 is 0 Å². The number of hydrogen-bond acceptors (Lipinski definition) is 4. The van der Waals surface area contributed by atoms with Gasteiger partial charge in [-0.3, -0.25) is 13.9 Å². The van der Waals surface area contributed by atoms with Crippen LogP contribution in [0.1, 0.15) is 23.6 Å². The van der Waals surface area contributed by atoms with Crippen molar-refractivity contribution in [2.75, 3.05) is 17.4 Å². The van der Waals surface area contributed by atoms with Crippen LogP contribution in [0.5, 0.6) is 0 Å². The minimum absolute atomic E-state index is 0.00689. The largest absolute Gasteiger partial charge is 0.355 e. The van der Waals surface area contributed by atoms with Crippen molar-refractivity contribution in [3.8, 4) is 0 Å². The summed E-state index contributed by atoms with van der Waals surface area (Å²) in [7, 11) is -4.34. The SMILES string of the molecule is CCNC(=O)[C@@H](Cc1ccccc1)N(Cc1ccc(F)cc1)C(=O)CN(c1cccc(Cl)c1Cl)S(=O)(=O)c1ccc(C)cc1. The summed E-state index contributed by atoms with van der Waals surface area (Å²) in [5.74, 6) is -1.55. The van der Waals surface area contributed by atoms with Gasteiger partial charge in [0.05, 0.1) is 20.6 Å². The average molecular weight is 657 g/mol. The molecule has 11 heteroatoms. The van der Waals surface area contributed by atoms with Crippen LogP contribution in [0.4, 0.5) is 10.1 Å². The van der Waals surface area contributed by atoms with E-state index in [0.29, 0.717) is 12.1 Å². The van der Waals surface area contributed by atoms with Gasteiger partial charge in [-0.25, -0.2) is 12.8 Å². The molecule has 0 aliphatic carbocycles. The maximum atomic E-state index is 14.4. The van der Waals surface area contributed by atoms with Crippen LogP contribution in [-0.2, 0) is 32.6 Å². The molecule has 0 saturated carbocycles. The zero-order valence-corrected chi connectivity index (χ0v) is 26.5. The number of benzene rings is 4. The van der Waals surface area contributed by atoms with Crippen LogP contribution in [0.25, 0.3) is 0 Å². The van der Waals surface area contributed by atoms with Crippen LogP contribution in [0.2, 0.25) is 10.0 Å². The molecule has 0 unspecified atom stereocenters. The number of nitrogens with one attached hydrogen (secondary N) is 1. The van der Waals surface area contributed by atoms with Crippen molar-refractivity contribution in [2.45, 2.75) is 37.8 Å². The molecule has 230 valence electrons. The fraction of sp³-hybridized carbons (Fsp3) is 0.212. The summed E-state index contributed by atoms with van der Waals surface area (Å²) in [5.41, 5.74) is 2.20. The first kappa shape index (κ1) is 33.0. The minimum Gasteiger partial charge on any atom is -0.355 e. The lowest BCUT2D eigenvalue weighted by Gasteiger charge is -2.34. The number of halogens is 3. The van der Waals surface area contributed by atoms with E-state index in [1.807, 2.05) is 37.3 Å². The molecule has 44 heavy (non-hydrogen) atoms. The van der Waals surface area contributed by atoms with Gasteiger partial charge < -0.3 is 10.2 Å². The van der Waals surface area contributed by atoms with Gasteiger partial charge in [-0.2, -0.15) is 0 Å². The number of nitrogens with zero attached hydrogens (tertiary/aromatic N) is 2. The molecule has 0 fully saturated rings. The van der Waals surface area contributed by atoms with E-state index in [0.717, 1.165) is 15.4 Å². The van der Waals surface area contributed by atoms with Crippen molar-refractivity contribution in [3.05, 3.63) is 130 Å². The lowest BCUT2D eigenvalue weighted by atomic mass is 10.0. The third-order valence-corrected chi connectivity index (χ3v) is 9.56. The first-order valence-corrected chi connectivity index (χ1v) is 16.1.